The van der Waals surface area contributed by atoms with E-state index in [1.807, 2.05) is 0 Å². The molecule has 0 fully saturated rings. The molecule has 0 saturated carbocycles. The summed E-state index contributed by atoms with van der Waals surface area (Å²) >= 11 is 0. The second kappa shape index (κ2) is 10.4. The van der Waals surface area contributed by atoms with E-state index in [-0.39, 0.29) is 5.16 Å². The van der Waals surface area contributed by atoms with Gasteiger partial charge < -0.3 is 10.2 Å². The van der Waals surface area contributed by atoms with Gasteiger partial charge in [-0.05, 0) is 45.9 Å². The monoisotopic (exact) mass is 440 g/mol. The lowest BCUT2D eigenvalue weighted by atomic mass is 9.93. The average molecular weight is 441 g/mol. The van der Waals surface area contributed by atoms with Crippen LogP contribution in [-0.4, -0.2) is 5.16 Å². The molecule has 2 nitrogen and oxygen atoms in total. The molecule has 0 amide bonds. The van der Waals surface area contributed by atoms with Crippen LogP contribution in [0.25, 0.3) is 0 Å². The molecule has 0 radical (unpaired) electrons. The van der Waals surface area contributed by atoms with E-state index in [0.29, 0.717) is 23.7 Å². The summed E-state index contributed by atoms with van der Waals surface area (Å²) in [5.41, 5.74) is 8.29. The molecule has 2 aromatic carbocycles. The van der Waals surface area contributed by atoms with Crippen molar-refractivity contribution in [2.45, 2.75) is 105 Å². The summed E-state index contributed by atoms with van der Waals surface area (Å²) in [6, 6.07) is 13.6. The molecular weight excluding hydrogens is 395 g/mol. The molecule has 0 bridgehead atoms. The second-order valence-corrected chi connectivity index (χ2v) is 13.4. The van der Waals surface area contributed by atoms with Crippen molar-refractivity contribution in [3.63, 3.8) is 0 Å². The standard InChI is InChI=1S/C28H45N2P/c1-18(2)22-14-12-15-23(19(3)4)26(22)29-31(28(9,10)11)30-27-24(20(5)6)16-13-17-25(27)21(7)8/h12-21,29-30H,1-11H3. The Bertz CT molecular complexity index is 742. The van der Waals surface area contributed by atoms with Gasteiger partial charge >= 0.3 is 0 Å². The van der Waals surface area contributed by atoms with Gasteiger partial charge in [-0.25, -0.2) is 0 Å². The van der Waals surface area contributed by atoms with E-state index < -0.39 is 8.22 Å². The molecule has 0 aliphatic heterocycles. The fourth-order valence-corrected chi connectivity index (χ4v) is 5.64. The molecule has 0 aliphatic carbocycles. The first-order valence-corrected chi connectivity index (χ1v) is 13.3. The van der Waals surface area contributed by atoms with Crippen LogP contribution >= 0.6 is 8.22 Å². The Morgan fingerprint density at radius 1 is 0.548 bits per heavy atom. The number of rotatable bonds is 8. The Hall–Kier alpha value is -1.53. The maximum Gasteiger partial charge on any atom is 0.0953 e. The van der Waals surface area contributed by atoms with Crippen LogP contribution in [0.4, 0.5) is 11.4 Å². The van der Waals surface area contributed by atoms with Crippen molar-refractivity contribution in [3.05, 3.63) is 58.7 Å². The van der Waals surface area contributed by atoms with Crippen molar-refractivity contribution < 1.29 is 0 Å². The lowest BCUT2D eigenvalue weighted by molar-refractivity contribution is 0.784. The topological polar surface area (TPSA) is 24.1 Å². The summed E-state index contributed by atoms with van der Waals surface area (Å²) in [6.07, 6.45) is 0. The highest BCUT2D eigenvalue weighted by molar-refractivity contribution is 7.62. The molecule has 0 atom stereocenters. The van der Waals surface area contributed by atoms with E-state index in [1.54, 1.807) is 0 Å². The van der Waals surface area contributed by atoms with Crippen molar-refractivity contribution >= 4 is 19.6 Å². The van der Waals surface area contributed by atoms with E-state index in [0.717, 1.165) is 0 Å². The van der Waals surface area contributed by atoms with Crippen LogP contribution in [-0.2, 0) is 0 Å². The number of nitrogens with one attached hydrogen (secondary N) is 2. The molecule has 31 heavy (non-hydrogen) atoms. The zero-order valence-corrected chi connectivity index (χ0v) is 22.6. The van der Waals surface area contributed by atoms with E-state index in [2.05, 4.69) is 123 Å². The molecule has 2 rings (SSSR count). The molecule has 0 saturated heterocycles. The molecule has 0 heterocycles. The Kier molecular flexibility index (Phi) is 8.62. The number of benzene rings is 2. The molecule has 172 valence electrons. The van der Waals surface area contributed by atoms with Gasteiger partial charge in [0.25, 0.3) is 0 Å². The predicted molar refractivity (Wildman–Crippen MR) is 143 cm³/mol. The van der Waals surface area contributed by atoms with Gasteiger partial charge in [0.15, 0.2) is 0 Å². The summed E-state index contributed by atoms with van der Waals surface area (Å²) in [5, 5.41) is 8.20. The smallest absolute Gasteiger partial charge is 0.0953 e. The lowest BCUT2D eigenvalue weighted by Gasteiger charge is -2.37. The van der Waals surface area contributed by atoms with Gasteiger partial charge in [-0.2, -0.15) is 0 Å². The summed E-state index contributed by atoms with van der Waals surface area (Å²) in [7, 11) is -0.718. The predicted octanol–water partition coefficient (Wildman–Crippen LogP) is 9.81. The van der Waals surface area contributed by atoms with Gasteiger partial charge in [0.1, 0.15) is 0 Å². The first kappa shape index (κ1) is 25.7. The minimum atomic E-state index is -0.718. The summed E-state index contributed by atoms with van der Waals surface area (Å²) in [5.74, 6) is 1.92. The molecule has 0 aromatic heterocycles. The number of para-hydroxylation sites is 2. The fourth-order valence-electron chi connectivity index (χ4n) is 3.95. The third kappa shape index (κ3) is 6.26. The van der Waals surface area contributed by atoms with Crippen molar-refractivity contribution in [2.24, 2.45) is 0 Å². The van der Waals surface area contributed by atoms with Crippen LogP contribution < -0.4 is 10.2 Å². The maximum absolute atomic E-state index is 4.05. The molecule has 2 N–H and O–H groups in total. The highest BCUT2D eigenvalue weighted by Gasteiger charge is 2.29. The molecule has 2 aromatic rings. The highest BCUT2D eigenvalue weighted by atomic mass is 31.1. The van der Waals surface area contributed by atoms with Gasteiger partial charge in [-0.3, -0.25) is 0 Å². The minimum Gasteiger partial charge on any atom is -0.347 e. The van der Waals surface area contributed by atoms with Crippen LogP contribution in [0.2, 0.25) is 0 Å². The van der Waals surface area contributed by atoms with E-state index in [9.17, 15) is 0 Å². The lowest BCUT2D eigenvalue weighted by Crippen LogP contribution is -2.23. The maximum atomic E-state index is 4.05. The number of hydrogen-bond donors (Lipinski definition) is 2. The van der Waals surface area contributed by atoms with Crippen LogP contribution in [0, 0.1) is 0 Å². The SMILES string of the molecule is CC(C)c1cccc(C(C)C)c1NP(Nc1c(C(C)C)cccc1C(C)C)C(C)(C)C. The van der Waals surface area contributed by atoms with Crippen molar-refractivity contribution in [1.29, 1.82) is 0 Å². The van der Waals surface area contributed by atoms with E-state index in [1.165, 1.54) is 33.6 Å². The summed E-state index contributed by atoms with van der Waals surface area (Å²) in [6.45, 7) is 25.4. The van der Waals surface area contributed by atoms with Crippen LogP contribution in [0.3, 0.4) is 0 Å². The summed E-state index contributed by atoms with van der Waals surface area (Å²) < 4.78 is 0. The molecular formula is C28H45N2P. The molecule has 3 heteroatoms. The fraction of sp³-hybridized carbons (Fsp3) is 0.571. The Morgan fingerprint density at radius 3 is 1.00 bits per heavy atom. The van der Waals surface area contributed by atoms with Gasteiger partial charge in [0.05, 0.1) is 8.22 Å². The number of anilines is 2. The third-order valence-corrected chi connectivity index (χ3v) is 8.10. The van der Waals surface area contributed by atoms with E-state index in [4.69, 9.17) is 0 Å². The largest absolute Gasteiger partial charge is 0.347 e. The Morgan fingerprint density at radius 2 is 0.806 bits per heavy atom. The first-order chi connectivity index (χ1) is 14.3. The average Bonchev–Trinajstić information content (AvgIpc) is 2.66. The second-order valence-electron chi connectivity index (χ2n) is 11.0. The van der Waals surface area contributed by atoms with Gasteiger partial charge in [-0.15, -0.1) is 0 Å². The van der Waals surface area contributed by atoms with Crippen molar-refractivity contribution in [3.8, 4) is 0 Å². The minimum absolute atomic E-state index is 0.0893. The molecule has 0 aliphatic rings. The van der Waals surface area contributed by atoms with Crippen LogP contribution in [0.15, 0.2) is 36.4 Å². The zero-order valence-electron chi connectivity index (χ0n) is 21.7. The van der Waals surface area contributed by atoms with Crippen LogP contribution in [0.5, 0.6) is 0 Å². The van der Waals surface area contributed by atoms with Gasteiger partial charge in [-0.1, -0.05) is 113 Å². The van der Waals surface area contributed by atoms with Crippen molar-refractivity contribution in [2.75, 3.05) is 10.2 Å². The number of hydrogen-bond acceptors (Lipinski definition) is 2. The molecule has 0 unspecified atom stereocenters. The molecule has 0 spiro atoms. The zero-order chi connectivity index (χ0) is 23.5. The van der Waals surface area contributed by atoms with Crippen molar-refractivity contribution in [1.82, 2.24) is 0 Å². The normalized spacial score (nSPS) is 12.5. The van der Waals surface area contributed by atoms with E-state index >= 15 is 0 Å². The highest BCUT2D eigenvalue weighted by Crippen LogP contribution is 2.52. The van der Waals surface area contributed by atoms with Gasteiger partial charge in [0.2, 0.25) is 0 Å². The first-order valence-electron chi connectivity index (χ1n) is 11.9. The third-order valence-electron chi connectivity index (χ3n) is 5.86. The quantitative estimate of drug-likeness (QED) is 0.399. The van der Waals surface area contributed by atoms with Crippen LogP contribution in [0.1, 0.15) is 122 Å². The Balaban J connectivity index is 2.60. The summed E-state index contributed by atoms with van der Waals surface area (Å²) in [4.78, 5) is 0. The Labute approximate surface area is 193 Å². The van der Waals surface area contributed by atoms with Gasteiger partial charge in [0, 0.05) is 16.5 Å².